The van der Waals surface area contributed by atoms with Crippen LogP contribution in [-0.4, -0.2) is 28.0 Å². The average Bonchev–Trinajstić information content (AvgIpc) is 3.40. The summed E-state index contributed by atoms with van der Waals surface area (Å²) in [5.41, 5.74) is 8.51. The van der Waals surface area contributed by atoms with Gasteiger partial charge in [-0.1, -0.05) is 72.4 Å². The Labute approximate surface area is 255 Å². The zero-order chi connectivity index (χ0) is 29.1. The van der Waals surface area contributed by atoms with Gasteiger partial charge in [-0.3, -0.25) is 4.79 Å². The van der Waals surface area contributed by atoms with Gasteiger partial charge in [-0.05, 0) is 52.9 Å². The molecule has 0 saturated heterocycles. The molecule has 1 aliphatic carbocycles. The van der Waals surface area contributed by atoms with Gasteiger partial charge in [-0.2, -0.15) is 10.4 Å². The first-order valence-corrected chi connectivity index (χ1v) is 15.3. The molecule has 0 saturated carbocycles. The molecular formula is C33H25BrN4O3S. The predicted octanol–water partition coefficient (Wildman–Crippen LogP) is 7.62. The zero-order valence-corrected chi connectivity index (χ0v) is 24.8. The number of benzene rings is 3. The highest BCUT2D eigenvalue weighted by atomic mass is 79.9. The van der Waals surface area contributed by atoms with E-state index in [1.165, 1.54) is 18.0 Å². The van der Waals surface area contributed by atoms with E-state index in [4.69, 9.17) is 9.40 Å². The molecule has 2 aromatic heterocycles. The Kier molecular flexibility index (Phi) is 8.08. The van der Waals surface area contributed by atoms with Crippen LogP contribution >= 0.6 is 27.7 Å². The predicted molar refractivity (Wildman–Crippen MR) is 169 cm³/mol. The van der Waals surface area contributed by atoms with Crippen LogP contribution in [0.25, 0.3) is 33.4 Å². The molecule has 0 radical (unpaired) electrons. The number of aryl methyl sites for hydroxylation is 2. The van der Waals surface area contributed by atoms with Gasteiger partial charge in [0.05, 0.1) is 27.7 Å². The van der Waals surface area contributed by atoms with Gasteiger partial charge in [0.2, 0.25) is 5.91 Å². The average molecular weight is 638 g/mol. The van der Waals surface area contributed by atoms with Gasteiger partial charge in [0, 0.05) is 34.1 Å². The highest BCUT2D eigenvalue weighted by Gasteiger charge is 2.23. The molecule has 6 rings (SSSR count). The fourth-order valence-corrected chi connectivity index (χ4v) is 6.43. The number of aromatic nitrogens is 1. The highest BCUT2D eigenvalue weighted by Crippen LogP contribution is 2.40. The molecule has 1 amide bonds. The summed E-state index contributed by atoms with van der Waals surface area (Å²) in [4.78, 5) is 17.6. The lowest BCUT2D eigenvalue weighted by molar-refractivity contribution is -0.118. The third kappa shape index (κ3) is 5.56. The van der Waals surface area contributed by atoms with Crippen LogP contribution in [0, 0.1) is 11.3 Å². The van der Waals surface area contributed by atoms with Crippen LogP contribution in [-0.2, 0) is 17.6 Å². The van der Waals surface area contributed by atoms with Crippen molar-refractivity contribution in [3.63, 3.8) is 0 Å². The number of phenolic OH excluding ortho intramolecular Hbond substituents is 1. The standard InChI is InChI=1S/C33H25BrN4O3S/c34-26-16-29-31(22-13-7-8-14-28(22)41-29)25(32(26)40)18-36-38-30(39)19-42-33-24(17-35)23(20-9-3-1-4-10-20)15-27(37-33)21-11-5-2-6-12-21/h1-6,9-12,15-16,18,40H,7-8,13-14,19H2,(H,38,39)/b36-18+. The van der Waals surface area contributed by atoms with Gasteiger partial charge in [0.25, 0.3) is 0 Å². The number of aromatic hydroxyl groups is 1. The molecule has 0 unspecified atom stereocenters. The van der Waals surface area contributed by atoms with Crippen molar-refractivity contribution >= 4 is 50.8 Å². The number of furan rings is 1. The summed E-state index contributed by atoms with van der Waals surface area (Å²) < 4.78 is 6.55. The second-order valence-electron chi connectivity index (χ2n) is 9.87. The van der Waals surface area contributed by atoms with Crippen molar-refractivity contribution in [2.75, 3.05) is 5.75 Å². The lowest BCUT2D eigenvalue weighted by Crippen LogP contribution is -2.20. The first-order valence-electron chi connectivity index (χ1n) is 13.5. The normalized spacial score (nSPS) is 12.8. The molecule has 2 N–H and O–H groups in total. The fraction of sp³-hybridized carbons (Fsp3) is 0.152. The molecule has 3 aromatic carbocycles. The molecule has 7 nitrogen and oxygen atoms in total. The molecule has 1 aliphatic rings. The summed E-state index contributed by atoms with van der Waals surface area (Å²) in [6, 6.07) is 25.4. The topological polar surface area (TPSA) is 112 Å². The van der Waals surface area contributed by atoms with E-state index >= 15 is 0 Å². The molecule has 0 spiro atoms. The summed E-state index contributed by atoms with van der Waals surface area (Å²) >= 11 is 4.58. The molecule has 0 bridgehead atoms. The largest absolute Gasteiger partial charge is 0.506 e. The van der Waals surface area contributed by atoms with Crippen LogP contribution in [0.3, 0.4) is 0 Å². The van der Waals surface area contributed by atoms with Crippen LogP contribution in [0.15, 0.2) is 91.8 Å². The molecule has 42 heavy (non-hydrogen) atoms. The van der Waals surface area contributed by atoms with E-state index in [9.17, 15) is 15.2 Å². The molecule has 0 aliphatic heterocycles. The number of carbonyl (C=O) groups excluding carboxylic acids is 1. The number of fused-ring (bicyclic) bond motifs is 3. The number of nitrogens with zero attached hydrogens (tertiary/aromatic N) is 3. The Hall–Kier alpha value is -4.39. The van der Waals surface area contributed by atoms with E-state index < -0.39 is 0 Å². The van der Waals surface area contributed by atoms with E-state index in [0.717, 1.165) is 59.1 Å². The highest BCUT2D eigenvalue weighted by molar-refractivity contribution is 9.10. The quantitative estimate of drug-likeness (QED) is 0.108. The fourth-order valence-electron chi connectivity index (χ4n) is 5.21. The number of hydrogen-bond donors (Lipinski definition) is 2. The van der Waals surface area contributed by atoms with E-state index in [-0.39, 0.29) is 17.4 Å². The van der Waals surface area contributed by atoms with Crippen LogP contribution < -0.4 is 5.43 Å². The summed E-state index contributed by atoms with van der Waals surface area (Å²) in [7, 11) is 0. The molecule has 9 heteroatoms. The second-order valence-corrected chi connectivity index (χ2v) is 11.7. The van der Waals surface area contributed by atoms with E-state index in [1.807, 2.05) is 66.7 Å². The van der Waals surface area contributed by atoms with Crippen molar-refractivity contribution in [1.29, 1.82) is 5.26 Å². The molecule has 5 aromatic rings. The van der Waals surface area contributed by atoms with Gasteiger partial charge in [0.1, 0.15) is 28.2 Å². The Morgan fingerprint density at radius 2 is 1.81 bits per heavy atom. The summed E-state index contributed by atoms with van der Waals surface area (Å²) in [5.74, 6) is 0.607. The summed E-state index contributed by atoms with van der Waals surface area (Å²) in [6.07, 6.45) is 5.31. The van der Waals surface area contributed by atoms with Crippen LogP contribution in [0.1, 0.15) is 35.3 Å². The third-order valence-electron chi connectivity index (χ3n) is 7.18. The number of nitriles is 1. The lowest BCUT2D eigenvalue weighted by Gasteiger charge is -2.12. The van der Waals surface area contributed by atoms with Gasteiger partial charge in [0.15, 0.2) is 0 Å². The first kappa shape index (κ1) is 27.8. The number of nitrogens with one attached hydrogen (secondary N) is 1. The van der Waals surface area contributed by atoms with E-state index in [0.29, 0.717) is 31.9 Å². The SMILES string of the molecule is N#Cc1c(-c2ccccc2)cc(-c2ccccc2)nc1SCC(=O)N/N=C/c1c(O)c(Br)cc2oc3c(c12)CCCC3. The minimum Gasteiger partial charge on any atom is -0.506 e. The number of thioether (sulfide) groups is 1. The minimum absolute atomic E-state index is 0.00746. The van der Waals surface area contributed by atoms with Crippen LogP contribution in [0.4, 0.5) is 0 Å². The van der Waals surface area contributed by atoms with Crippen LogP contribution in [0.5, 0.6) is 5.75 Å². The Morgan fingerprint density at radius 3 is 2.55 bits per heavy atom. The maximum absolute atomic E-state index is 12.9. The second kappa shape index (κ2) is 12.2. The Bertz CT molecular complexity index is 1860. The Balaban J connectivity index is 1.25. The van der Waals surface area contributed by atoms with E-state index in [1.54, 1.807) is 6.07 Å². The number of halogens is 1. The molecular weight excluding hydrogens is 612 g/mol. The monoisotopic (exact) mass is 636 g/mol. The number of rotatable bonds is 7. The van der Waals surface area contributed by atoms with Crippen molar-refractivity contribution in [3.8, 4) is 34.2 Å². The maximum atomic E-state index is 12.9. The Morgan fingerprint density at radius 1 is 1.10 bits per heavy atom. The van der Waals surface area contributed by atoms with Gasteiger partial charge in [-0.15, -0.1) is 0 Å². The zero-order valence-electron chi connectivity index (χ0n) is 22.4. The molecule has 2 heterocycles. The van der Waals surface area contributed by atoms with Crippen molar-refractivity contribution in [2.24, 2.45) is 5.10 Å². The van der Waals surface area contributed by atoms with Crippen molar-refractivity contribution < 1.29 is 14.3 Å². The van der Waals surface area contributed by atoms with Gasteiger partial charge >= 0.3 is 0 Å². The minimum atomic E-state index is -0.367. The summed E-state index contributed by atoms with van der Waals surface area (Å²) in [6.45, 7) is 0. The molecule has 0 atom stereocenters. The summed E-state index contributed by atoms with van der Waals surface area (Å²) in [5, 5.41) is 26.3. The smallest absolute Gasteiger partial charge is 0.250 e. The van der Waals surface area contributed by atoms with E-state index in [2.05, 4.69) is 32.5 Å². The number of carbonyl (C=O) groups is 1. The number of pyridine rings is 1. The third-order valence-corrected chi connectivity index (χ3v) is 8.76. The maximum Gasteiger partial charge on any atom is 0.250 e. The van der Waals surface area contributed by atoms with Crippen molar-refractivity contribution in [3.05, 3.63) is 99.7 Å². The number of hydrogen-bond acceptors (Lipinski definition) is 7. The number of amides is 1. The van der Waals surface area contributed by atoms with Gasteiger partial charge in [-0.25, -0.2) is 10.4 Å². The van der Waals surface area contributed by atoms with Crippen LogP contribution in [0.2, 0.25) is 0 Å². The lowest BCUT2D eigenvalue weighted by atomic mass is 9.94. The number of hydrazone groups is 1. The first-order chi connectivity index (χ1) is 20.5. The van der Waals surface area contributed by atoms with Gasteiger partial charge < -0.3 is 9.52 Å². The van der Waals surface area contributed by atoms with Crippen molar-refractivity contribution in [2.45, 2.75) is 30.7 Å². The number of phenols is 1. The molecule has 0 fully saturated rings. The molecule has 208 valence electrons. The van der Waals surface area contributed by atoms with Crippen molar-refractivity contribution in [1.82, 2.24) is 10.4 Å².